The SMILES string of the molecule is CC(C)CNc1c(C#N)ccn2ccnc12.Cc1ccc(Cl)cc1Cl. The largest absolute Gasteiger partial charge is 0.381 e. The van der Waals surface area contributed by atoms with Gasteiger partial charge in [0.1, 0.15) is 6.07 Å². The molecule has 0 saturated heterocycles. The number of hydrogen-bond donors (Lipinski definition) is 1. The van der Waals surface area contributed by atoms with Gasteiger partial charge in [0, 0.05) is 35.2 Å². The Morgan fingerprint density at radius 1 is 1.24 bits per heavy atom. The first-order valence-electron chi connectivity index (χ1n) is 7.93. The number of imidazole rings is 1. The first-order valence-corrected chi connectivity index (χ1v) is 8.69. The molecule has 0 aliphatic rings. The van der Waals surface area contributed by atoms with Gasteiger partial charge >= 0.3 is 0 Å². The van der Waals surface area contributed by atoms with E-state index in [0.29, 0.717) is 16.5 Å². The summed E-state index contributed by atoms with van der Waals surface area (Å²) in [4.78, 5) is 4.25. The first kappa shape index (κ1) is 19.1. The molecule has 130 valence electrons. The number of nitriles is 1. The Bertz CT molecular complexity index is 894. The molecule has 25 heavy (non-hydrogen) atoms. The van der Waals surface area contributed by atoms with Gasteiger partial charge in [-0.05, 0) is 36.6 Å². The number of nitrogens with one attached hydrogen (secondary N) is 1. The fourth-order valence-electron chi connectivity index (χ4n) is 2.13. The minimum atomic E-state index is 0.529. The van der Waals surface area contributed by atoms with Gasteiger partial charge in [-0.2, -0.15) is 5.26 Å². The van der Waals surface area contributed by atoms with Crippen LogP contribution < -0.4 is 5.32 Å². The third kappa shape index (κ3) is 5.12. The van der Waals surface area contributed by atoms with Crippen LogP contribution in [-0.2, 0) is 0 Å². The summed E-state index contributed by atoms with van der Waals surface area (Å²) in [6, 6.07) is 9.44. The Labute approximate surface area is 158 Å². The van der Waals surface area contributed by atoms with E-state index in [1.807, 2.05) is 35.9 Å². The highest BCUT2D eigenvalue weighted by atomic mass is 35.5. The van der Waals surface area contributed by atoms with E-state index in [9.17, 15) is 0 Å². The van der Waals surface area contributed by atoms with Crippen molar-refractivity contribution in [3.63, 3.8) is 0 Å². The molecule has 3 rings (SSSR count). The molecule has 0 saturated carbocycles. The molecule has 4 nitrogen and oxygen atoms in total. The van der Waals surface area contributed by atoms with Crippen LogP contribution in [0, 0.1) is 24.2 Å². The average molecular weight is 375 g/mol. The van der Waals surface area contributed by atoms with Crippen LogP contribution in [0.3, 0.4) is 0 Å². The van der Waals surface area contributed by atoms with Crippen LogP contribution in [0.5, 0.6) is 0 Å². The van der Waals surface area contributed by atoms with E-state index in [0.717, 1.165) is 28.5 Å². The maximum absolute atomic E-state index is 9.05. The van der Waals surface area contributed by atoms with Crippen molar-refractivity contribution in [2.75, 3.05) is 11.9 Å². The van der Waals surface area contributed by atoms with Gasteiger partial charge in [-0.25, -0.2) is 4.98 Å². The molecule has 0 aliphatic carbocycles. The van der Waals surface area contributed by atoms with Crippen LogP contribution in [-0.4, -0.2) is 15.9 Å². The second kappa shape index (κ2) is 8.75. The minimum absolute atomic E-state index is 0.529. The highest BCUT2D eigenvalue weighted by Gasteiger charge is 2.08. The summed E-state index contributed by atoms with van der Waals surface area (Å²) in [7, 11) is 0. The normalized spacial score (nSPS) is 10.3. The van der Waals surface area contributed by atoms with Gasteiger partial charge in [0.05, 0.1) is 11.3 Å². The summed E-state index contributed by atoms with van der Waals surface area (Å²) in [5.41, 5.74) is 3.32. The summed E-state index contributed by atoms with van der Waals surface area (Å²) in [5.74, 6) is 0.529. The molecule has 1 aromatic carbocycles. The molecule has 6 heteroatoms. The lowest BCUT2D eigenvalue weighted by Gasteiger charge is -2.11. The molecular formula is C19H20Cl2N4. The zero-order valence-corrected chi connectivity index (χ0v) is 15.9. The van der Waals surface area contributed by atoms with Crippen molar-refractivity contribution >= 4 is 34.5 Å². The van der Waals surface area contributed by atoms with Crippen molar-refractivity contribution < 1.29 is 0 Å². The zero-order chi connectivity index (χ0) is 18.4. The number of benzene rings is 1. The molecule has 0 unspecified atom stereocenters. The Hall–Kier alpha value is -2.22. The fourth-order valence-corrected chi connectivity index (χ4v) is 2.53. The molecule has 0 aliphatic heterocycles. The topological polar surface area (TPSA) is 53.1 Å². The molecule has 0 bridgehead atoms. The lowest BCUT2D eigenvalue weighted by atomic mass is 10.2. The summed E-state index contributed by atoms with van der Waals surface area (Å²) < 4.78 is 1.91. The number of nitrogens with zero attached hydrogens (tertiary/aromatic N) is 3. The molecule has 0 spiro atoms. The Kier molecular flexibility index (Phi) is 6.69. The quantitative estimate of drug-likeness (QED) is 0.651. The van der Waals surface area contributed by atoms with Crippen molar-refractivity contribution in [2.45, 2.75) is 20.8 Å². The number of rotatable bonds is 3. The predicted octanol–water partition coefficient (Wildman–Crippen LogP) is 5.58. The third-order valence-electron chi connectivity index (χ3n) is 3.50. The Morgan fingerprint density at radius 2 is 2.00 bits per heavy atom. The van der Waals surface area contributed by atoms with E-state index in [4.69, 9.17) is 28.5 Å². The van der Waals surface area contributed by atoms with Crippen LogP contribution in [0.25, 0.3) is 5.65 Å². The first-order chi connectivity index (χ1) is 11.9. The van der Waals surface area contributed by atoms with Crippen LogP contribution in [0.4, 0.5) is 5.69 Å². The van der Waals surface area contributed by atoms with E-state index in [-0.39, 0.29) is 0 Å². The number of hydrogen-bond acceptors (Lipinski definition) is 3. The van der Waals surface area contributed by atoms with E-state index in [2.05, 4.69) is 30.2 Å². The second-order valence-electron chi connectivity index (χ2n) is 6.04. The Morgan fingerprint density at radius 3 is 2.60 bits per heavy atom. The standard InChI is InChI=1S/C12H14N4.C7H6Cl2/c1-9(2)8-15-11-10(7-13)3-5-16-6-4-14-12(11)16;1-5-2-3-6(8)4-7(5)9/h3-6,9,15H,8H2,1-2H3;2-4H,1H3. The fraction of sp³-hybridized carbons (Fsp3) is 0.263. The van der Waals surface area contributed by atoms with Gasteiger partial charge in [0.15, 0.2) is 5.65 Å². The van der Waals surface area contributed by atoms with E-state index in [1.54, 1.807) is 18.3 Å². The van der Waals surface area contributed by atoms with Crippen LogP contribution in [0.15, 0.2) is 42.9 Å². The molecular weight excluding hydrogens is 355 g/mol. The van der Waals surface area contributed by atoms with Gasteiger partial charge in [0.25, 0.3) is 0 Å². The van der Waals surface area contributed by atoms with Gasteiger partial charge in [-0.1, -0.05) is 43.1 Å². The van der Waals surface area contributed by atoms with Crippen molar-refractivity contribution in [3.8, 4) is 6.07 Å². The van der Waals surface area contributed by atoms with Gasteiger partial charge in [0.2, 0.25) is 0 Å². The third-order valence-corrected chi connectivity index (χ3v) is 4.15. The van der Waals surface area contributed by atoms with E-state index in [1.165, 1.54) is 0 Å². The molecule has 0 amide bonds. The summed E-state index contributed by atoms with van der Waals surface area (Å²) >= 11 is 11.4. The van der Waals surface area contributed by atoms with Crippen molar-refractivity contribution in [2.24, 2.45) is 5.92 Å². The molecule has 3 aromatic rings. The van der Waals surface area contributed by atoms with Gasteiger partial charge in [-0.15, -0.1) is 0 Å². The molecule has 0 radical (unpaired) electrons. The number of anilines is 1. The second-order valence-corrected chi connectivity index (χ2v) is 6.89. The van der Waals surface area contributed by atoms with Crippen LogP contribution in [0.2, 0.25) is 10.0 Å². The van der Waals surface area contributed by atoms with Gasteiger partial charge in [-0.3, -0.25) is 0 Å². The van der Waals surface area contributed by atoms with Crippen molar-refractivity contribution in [3.05, 3.63) is 64.0 Å². The summed E-state index contributed by atoms with van der Waals surface area (Å²) in [6.07, 6.45) is 5.45. The average Bonchev–Trinajstić information content (AvgIpc) is 3.05. The maximum Gasteiger partial charge on any atom is 0.161 e. The smallest absolute Gasteiger partial charge is 0.161 e. The van der Waals surface area contributed by atoms with E-state index >= 15 is 0 Å². The zero-order valence-electron chi connectivity index (χ0n) is 14.4. The highest BCUT2D eigenvalue weighted by Crippen LogP contribution is 2.21. The summed E-state index contributed by atoms with van der Waals surface area (Å²) in [5, 5.41) is 13.8. The molecule has 2 aromatic heterocycles. The number of aromatic nitrogens is 2. The van der Waals surface area contributed by atoms with Gasteiger partial charge < -0.3 is 9.72 Å². The van der Waals surface area contributed by atoms with Crippen LogP contribution >= 0.6 is 23.2 Å². The lowest BCUT2D eigenvalue weighted by molar-refractivity contribution is 0.689. The highest BCUT2D eigenvalue weighted by molar-refractivity contribution is 6.35. The number of pyridine rings is 1. The molecule has 0 atom stereocenters. The van der Waals surface area contributed by atoms with Crippen LogP contribution in [0.1, 0.15) is 25.0 Å². The predicted molar refractivity (Wildman–Crippen MR) is 104 cm³/mol. The molecule has 0 fully saturated rings. The monoisotopic (exact) mass is 374 g/mol. The van der Waals surface area contributed by atoms with Crippen molar-refractivity contribution in [1.82, 2.24) is 9.38 Å². The number of aryl methyl sites for hydroxylation is 1. The van der Waals surface area contributed by atoms with E-state index < -0.39 is 0 Å². The summed E-state index contributed by atoms with van der Waals surface area (Å²) in [6.45, 7) is 7.04. The molecule has 1 N–H and O–H groups in total. The maximum atomic E-state index is 9.05. The lowest BCUT2D eigenvalue weighted by Crippen LogP contribution is -2.10. The molecule has 2 heterocycles. The van der Waals surface area contributed by atoms with Crippen molar-refractivity contribution in [1.29, 1.82) is 5.26 Å². The number of halogens is 2. The number of fused-ring (bicyclic) bond motifs is 1. The Balaban J connectivity index is 0.000000212. The minimum Gasteiger partial charge on any atom is -0.381 e.